The first kappa shape index (κ1) is 36.7. The number of urea groups is 1. The number of likely N-dealkylation sites (tertiary alicyclic amines) is 1. The van der Waals surface area contributed by atoms with E-state index in [2.05, 4.69) is 21.7 Å². The van der Waals surface area contributed by atoms with Gasteiger partial charge in [-0.3, -0.25) is 4.79 Å². The standard InChI is InChI=1S/C30H30N6O7S.C2HF3O2/c1-4-43-26-21(6-5-11-33-26)30(34-28(38)35-17-29(18-35)15-32-16-29)22-12-19(14-31)7-9-23(22)36(27(30)37)44(39,40)25-10-8-20(41-2)13-24(25)42-3;3-2(4,5)1(6)7/h5-13,32H,4,15-18H2,1-3H3,(H,34,38);(H,6,7). The lowest BCUT2D eigenvalue weighted by molar-refractivity contribution is -0.192. The molecule has 2 saturated heterocycles. The summed E-state index contributed by atoms with van der Waals surface area (Å²) in [4.78, 5) is 43.3. The molecule has 15 nitrogen and oxygen atoms in total. The number of ether oxygens (including phenoxy) is 3. The molecular weight excluding hydrogens is 701 g/mol. The number of pyridine rings is 1. The van der Waals surface area contributed by atoms with Crippen LogP contribution in [0.1, 0.15) is 23.6 Å². The van der Waals surface area contributed by atoms with Crippen molar-refractivity contribution in [2.75, 3.05) is 51.3 Å². The Balaban J connectivity index is 0.000000654. The number of carboxylic acids is 1. The van der Waals surface area contributed by atoms with Gasteiger partial charge in [0.15, 0.2) is 5.54 Å². The SMILES string of the molecule is CCOc1ncccc1C1(NC(=O)N2CC3(CNC3)C2)C(=O)N(S(=O)(=O)c2ccc(OC)cc2OC)c2ccc(C#N)cc21.O=C(O)C(F)(F)F. The molecule has 4 heterocycles. The molecule has 3 amide bonds. The second kappa shape index (κ2) is 13.6. The lowest BCUT2D eigenvalue weighted by Gasteiger charge is -2.56. The zero-order valence-electron chi connectivity index (χ0n) is 27.3. The van der Waals surface area contributed by atoms with Gasteiger partial charge in [-0.2, -0.15) is 22.7 Å². The number of nitrogens with one attached hydrogen (secondary N) is 2. The lowest BCUT2D eigenvalue weighted by Crippen LogP contribution is -2.73. The van der Waals surface area contributed by atoms with E-state index < -0.39 is 39.6 Å². The fraction of sp³-hybridized carbons (Fsp3) is 0.344. The Labute approximate surface area is 289 Å². The van der Waals surface area contributed by atoms with Crippen LogP contribution in [0.15, 0.2) is 59.6 Å². The number of amides is 3. The van der Waals surface area contributed by atoms with Crippen molar-refractivity contribution in [2.24, 2.45) is 5.41 Å². The van der Waals surface area contributed by atoms with Crippen LogP contribution < -0.4 is 29.1 Å². The number of carbonyl (C=O) groups is 3. The van der Waals surface area contributed by atoms with Crippen LogP contribution in [0, 0.1) is 16.7 Å². The third-order valence-corrected chi connectivity index (χ3v) is 10.2. The minimum absolute atomic E-state index is 0.0127. The maximum atomic E-state index is 14.9. The van der Waals surface area contributed by atoms with E-state index in [1.165, 1.54) is 56.8 Å². The molecule has 0 bridgehead atoms. The van der Waals surface area contributed by atoms with Gasteiger partial charge in [0.2, 0.25) is 5.88 Å². The van der Waals surface area contributed by atoms with Gasteiger partial charge in [0.25, 0.3) is 15.9 Å². The maximum absolute atomic E-state index is 14.9. The van der Waals surface area contributed by atoms with Crippen molar-refractivity contribution >= 4 is 33.6 Å². The van der Waals surface area contributed by atoms with Gasteiger partial charge in [0, 0.05) is 49.4 Å². The van der Waals surface area contributed by atoms with E-state index in [1.807, 2.05) is 0 Å². The molecule has 3 aromatic rings. The van der Waals surface area contributed by atoms with Crippen LogP contribution in [0.25, 0.3) is 0 Å². The second-order valence-corrected chi connectivity index (χ2v) is 13.4. The minimum atomic E-state index is -5.08. The van der Waals surface area contributed by atoms with Crippen LogP contribution >= 0.6 is 0 Å². The number of fused-ring (bicyclic) bond motifs is 1. The molecule has 1 unspecified atom stereocenters. The number of carboxylic acid groups (broad SMARTS) is 1. The first-order valence-electron chi connectivity index (χ1n) is 15.1. The van der Waals surface area contributed by atoms with Gasteiger partial charge in [-0.05, 0) is 49.4 Å². The van der Waals surface area contributed by atoms with E-state index in [0.717, 1.165) is 13.1 Å². The molecule has 0 radical (unpaired) electrons. The summed E-state index contributed by atoms with van der Waals surface area (Å²) in [5, 5.41) is 23.0. The van der Waals surface area contributed by atoms with Gasteiger partial charge in [-0.1, -0.05) is 0 Å². The zero-order chi connectivity index (χ0) is 37.4. The van der Waals surface area contributed by atoms with Crippen molar-refractivity contribution < 1.29 is 55.3 Å². The molecule has 0 saturated carbocycles. The van der Waals surface area contributed by atoms with Gasteiger partial charge in [0.05, 0.1) is 43.7 Å². The predicted molar refractivity (Wildman–Crippen MR) is 171 cm³/mol. The number of carbonyl (C=O) groups excluding carboxylic acids is 2. The highest BCUT2D eigenvalue weighted by atomic mass is 32.2. The first-order valence-corrected chi connectivity index (χ1v) is 16.5. The summed E-state index contributed by atoms with van der Waals surface area (Å²) in [6.07, 6.45) is -3.62. The number of benzene rings is 2. The van der Waals surface area contributed by atoms with Crippen molar-refractivity contribution in [3.63, 3.8) is 0 Å². The number of nitriles is 1. The molecule has 1 aromatic heterocycles. The summed E-state index contributed by atoms with van der Waals surface area (Å²) in [7, 11) is -1.93. The average Bonchev–Trinajstić information content (AvgIpc) is 3.30. The number of halogens is 3. The van der Waals surface area contributed by atoms with E-state index >= 15 is 0 Å². The summed E-state index contributed by atoms with van der Waals surface area (Å²) in [6.45, 7) is 4.42. The molecule has 6 rings (SSSR count). The number of alkyl halides is 3. The Bertz CT molecular complexity index is 2030. The molecule has 2 fully saturated rings. The monoisotopic (exact) mass is 732 g/mol. The fourth-order valence-electron chi connectivity index (χ4n) is 6.01. The highest BCUT2D eigenvalue weighted by Crippen LogP contribution is 2.50. The van der Waals surface area contributed by atoms with Crippen molar-refractivity contribution in [1.82, 2.24) is 20.5 Å². The number of sulfonamides is 1. The molecule has 270 valence electrons. The largest absolute Gasteiger partial charge is 0.497 e. The van der Waals surface area contributed by atoms with Crippen LogP contribution in [0.4, 0.5) is 23.7 Å². The zero-order valence-corrected chi connectivity index (χ0v) is 28.1. The lowest BCUT2D eigenvalue weighted by atomic mass is 9.74. The smallest absolute Gasteiger partial charge is 0.490 e. The quantitative estimate of drug-likeness (QED) is 0.306. The highest BCUT2D eigenvalue weighted by Gasteiger charge is 2.60. The first-order chi connectivity index (χ1) is 24.1. The van der Waals surface area contributed by atoms with Gasteiger partial charge in [-0.15, -0.1) is 0 Å². The van der Waals surface area contributed by atoms with E-state index in [1.54, 1.807) is 24.0 Å². The summed E-state index contributed by atoms with van der Waals surface area (Å²) in [5.41, 5.74) is -1.81. The van der Waals surface area contributed by atoms with Crippen molar-refractivity contribution in [3.8, 4) is 23.4 Å². The molecule has 1 atom stereocenters. The molecule has 3 N–H and O–H groups in total. The Morgan fingerprint density at radius 3 is 2.33 bits per heavy atom. The Morgan fingerprint density at radius 1 is 1.10 bits per heavy atom. The fourth-order valence-corrected chi connectivity index (χ4v) is 7.62. The summed E-state index contributed by atoms with van der Waals surface area (Å²) < 4.78 is 77.7. The number of nitrogens with zero attached hydrogens (tertiary/aromatic N) is 4. The summed E-state index contributed by atoms with van der Waals surface area (Å²) in [6, 6.07) is 12.9. The van der Waals surface area contributed by atoms with Crippen molar-refractivity contribution in [3.05, 3.63) is 71.4 Å². The van der Waals surface area contributed by atoms with Gasteiger partial charge in [0.1, 0.15) is 16.4 Å². The van der Waals surface area contributed by atoms with E-state index in [9.17, 15) is 36.4 Å². The molecule has 19 heteroatoms. The number of hydrogen-bond donors (Lipinski definition) is 3. The normalized spacial score (nSPS) is 18.6. The van der Waals surface area contributed by atoms with Crippen molar-refractivity contribution in [2.45, 2.75) is 23.5 Å². The second-order valence-electron chi connectivity index (χ2n) is 11.7. The number of aliphatic carboxylic acids is 1. The topological polar surface area (TPSA) is 200 Å². The summed E-state index contributed by atoms with van der Waals surface area (Å²) >= 11 is 0. The molecule has 1 spiro atoms. The van der Waals surface area contributed by atoms with Crippen LogP contribution in [0.3, 0.4) is 0 Å². The third kappa shape index (κ3) is 6.43. The molecule has 0 aliphatic carbocycles. The Kier molecular flexibility index (Phi) is 9.78. The van der Waals surface area contributed by atoms with E-state index in [-0.39, 0.29) is 50.9 Å². The maximum Gasteiger partial charge on any atom is 0.490 e. The Hall–Kier alpha value is -5.61. The van der Waals surface area contributed by atoms with Crippen LogP contribution in [0.5, 0.6) is 17.4 Å². The minimum Gasteiger partial charge on any atom is -0.497 e. The average molecular weight is 733 g/mol. The molecular formula is C32H31F3N6O9S. The molecule has 3 aliphatic rings. The molecule has 51 heavy (non-hydrogen) atoms. The summed E-state index contributed by atoms with van der Waals surface area (Å²) in [5.74, 6) is -3.43. The van der Waals surface area contributed by atoms with Crippen LogP contribution in [-0.2, 0) is 25.2 Å². The van der Waals surface area contributed by atoms with E-state index in [0.29, 0.717) is 23.1 Å². The molecule has 3 aliphatic heterocycles. The van der Waals surface area contributed by atoms with Crippen LogP contribution in [0.2, 0.25) is 0 Å². The molecule has 2 aromatic carbocycles. The number of methoxy groups -OCH3 is 2. The number of anilines is 1. The third-order valence-electron chi connectivity index (χ3n) is 8.48. The predicted octanol–water partition coefficient (Wildman–Crippen LogP) is 2.60. The van der Waals surface area contributed by atoms with Gasteiger partial charge in [-0.25, -0.2) is 23.0 Å². The van der Waals surface area contributed by atoms with Crippen LogP contribution in [-0.4, -0.2) is 94.5 Å². The number of hydrogen-bond acceptors (Lipinski definition) is 11. The van der Waals surface area contributed by atoms with Gasteiger partial charge < -0.3 is 34.9 Å². The number of rotatable bonds is 8. The van der Waals surface area contributed by atoms with Gasteiger partial charge >= 0.3 is 18.2 Å². The number of aromatic nitrogens is 1. The highest BCUT2D eigenvalue weighted by molar-refractivity contribution is 7.93. The Morgan fingerprint density at radius 2 is 1.78 bits per heavy atom. The van der Waals surface area contributed by atoms with Crippen molar-refractivity contribution in [1.29, 1.82) is 5.26 Å². The van der Waals surface area contributed by atoms with E-state index in [4.69, 9.17) is 24.1 Å².